The standard InChI is InChI=1S/C7H6BrFN2O2/c8-2-1-3(10)6(11)4(5(2)9)7(12)13/h1H,10-11H2,(H,12,13). The molecule has 5 N–H and O–H groups in total. The summed E-state index contributed by atoms with van der Waals surface area (Å²) >= 11 is 2.83. The molecule has 0 spiro atoms. The van der Waals surface area contributed by atoms with Crippen LogP contribution in [0.25, 0.3) is 0 Å². The molecule has 0 fully saturated rings. The first-order chi connectivity index (χ1) is 5.95. The van der Waals surface area contributed by atoms with Crippen molar-refractivity contribution in [3.05, 3.63) is 21.9 Å². The quantitative estimate of drug-likeness (QED) is 0.657. The summed E-state index contributed by atoms with van der Waals surface area (Å²) in [5.41, 5.74) is 9.80. The van der Waals surface area contributed by atoms with Crippen molar-refractivity contribution < 1.29 is 14.3 Å². The molecular formula is C7H6BrFN2O2. The lowest BCUT2D eigenvalue weighted by Crippen LogP contribution is -2.09. The highest BCUT2D eigenvalue weighted by Gasteiger charge is 2.19. The fraction of sp³-hybridized carbons (Fsp3) is 0. The summed E-state index contributed by atoms with van der Waals surface area (Å²) in [7, 11) is 0. The molecule has 4 nitrogen and oxygen atoms in total. The van der Waals surface area contributed by atoms with Crippen LogP contribution in [0, 0.1) is 5.82 Å². The predicted molar refractivity (Wildman–Crippen MR) is 49.9 cm³/mol. The summed E-state index contributed by atoms with van der Waals surface area (Å²) in [5.74, 6) is -2.36. The van der Waals surface area contributed by atoms with E-state index in [4.69, 9.17) is 16.6 Å². The maximum atomic E-state index is 13.1. The maximum Gasteiger partial charge on any atom is 0.340 e. The zero-order valence-corrected chi connectivity index (χ0v) is 7.93. The second-order valence-corrected chi connectivity index (χ2v) is 3.21. The number of hydrogen-bond donors (Lipinski definition) is 3. The van der Waals surface area contributed by atoms with E-state index < -0.39 is 17.3 Å². The number of benzene rings is 1. The summed E-state index contributed by atoms with van der Waals surface area (Å²) in [5, 5.41) is 8.60. The van der Waals surface area contributed by atoms with Crippen LogP contribution in [0.2, 0.25) is 0 Å². The summed E-state index contributed by atoms with van der Waals surface area (Å²) in [6, 6.07) is 1.22. The van der Waals surface area contributed by atoms with Crippen molar-refractivity contribution in [3.8, 4) is 0 Å². The number of carbonyl (C=O) groups is 1. The molecule has 1 rings (SSSR count). The van der Waals surface area contributed by atoms with Crippen LogP contribution in [0.1, 0.15) is 10.4 Å². The number of hydrogen-bond acceptors (Lipinski definition) is 3. The van der Waals surface area contributed by atoms with Crippen molar-refractivity contribution in [1.29, 1.82) is 0 Å². The minimum Gasteiger partial charge on any atom is -0.478 e. The number of anilines is 2. The van der Waals surface area contributed by atoms with Crippen LogP contribution in [0.4, 0.5) is 15.8 Å². The van der Waals surface area contributed by atoms with Crippen LogP contribution in [0.5, 0.6) is 0 Å². The predicted octanol–water partition coefficient (Wildman–Crippen LogP) is 1.45. The van der Waals surface area contributed by atoms with Crippen LogP contribution in [0.3, 0.4) is 0 Å². The van der Waals surface area contributed by atoms with Crippen LogP contribution >= 0.6 is 15.9 Å². The normalized spacial score (nSPS) is 10.0. The molecule has 70 valence electrons. The van der Waals surface area contributed by atoms with Crippen LogP contribution in [-0.2, 0) is 0 Å². The number of rotatable bonds is 1. The summed E-state index contributed by atoms with van der Waals surface area (Å²) in [6.45, 7) is 0. The van der Waals surface area contributed by atoms with Gasteiger partial charge in [-0.15, -0.1) is 0 Å². The van der Waals surface area contributed by atoms with Gasteiger partial charge in [0.05, 0.1) is 15.8 Å². The van der Waals surface area contributed by atoms with Crippen LogP contribution in [-0.4, -0.2) is 11.1 Å². The molecule has 0 aliphatic carbocycles. The van der Waals surface area contributed by atoms with E-state index in [1.165, 1.54) is 6.07 Å². The van der Waals surface area contributed by atoms with E-state index in [2.05, 4.69) is 15.9 Å². The first-order valence-electron chi connectivity index (χ1n) is 3.21. The first-order valence-corrected chi connectivity index (χ1v) is 4.00. The van der Waals surface area contributed by atoms with Gasteiger partial charge in [-0.2, -0.15) is 0 Å². The third kappa shape index (κ3) is 1.57. The fourth-order valence-electron chi connectivity index (χ4n) is 0.869. The molecule has 1 aromatic rings. The lowest BCUT2D eigenvalue weighted by molar-refractivity contribution is 0.0693. The Morgan fingerprint density at radius 1 is 1.54 bits per heavy atom. The van der Waals surface area contributed by atoms with Gasteiger partial charge in [0.2, 0.25) is 0 Å². The Bertz CT molecular complexity index is 355. The van der Waals surface area contributed by atoms with Crippen LogP contribution in [0.15, 0.2) is 10.5 Å². The van der Waals surface area contributed by atoms with Gasteiger partial charge in [0.25, 0.3) is 0 Å². The second-order valence-electron chi connectivity index (χ2n) is 2.36. The SMILES string of the molecule is Nc1cc(Br)c(F)c(C(=O)O)c1N. The lowest BCUT2D eigenvalue weighted by Gasteiger charge is -2.06. The highest BCUT2D eigenvalue weighted by Crippen LogP contribution is 2.29. The van der Waals surface area contributed by atoms with Crippen molar-refractivity contribution >= 4 is 33.3 Å². The highest BCUT2D eigenvalue weighted by atomic mass is 79.9. The van der Waals surface area contributed by atoms with Gasteiger partial charge in [-0.1, -0.05) is 0 Å². The van der Waals surface area contributed by atoms with Gasteiger partial charge in [0.1, 0.15) is 5.56 Å². The van der Waals surface area contributed by atoms with E-state index in [9.17, 15) is 9.18 Å². The smallest absolute Gasteiger partial charge is 0.340 e. The first kappa shape index (κ1) is 9.79. The van der Waals surface area contributed by atoms with Crippen molar-refractivity contribution in [2.75, 3.05) is 11.5 Å². The zero-order valence-electron chi connectivity index (χ0n) is 6.34. The molecule has 0 aliphatic heterocycles. The molecular weight excluding hydrogens is 243 g/mol. The molecule has 0 aromatic heterocycles. The summed E-state index contributed by atoms with van der Waals surface area (Å²) < 4.78 is 13.1. The van der Waals surface area contributed by atoms with Gasteiger partial charge in [0, 0.05) is 0 Å². The van der Waals surface area contributed by atoms with Gasteiger partial charge in [0.15, 0.2) is 5.82 Å². The fourth-order valence-corrected chi connectivity index (χ4v) is 1.31. The molecule has 6 heteroatoms. The van der Waals surface area contributed by atoms with Gasteiger partial charge < -0.3 is 16.6 Å². The minimum atomic E-state index is -1.44. The Kier molecular flexibility index (Phi) is 2.42. The Morgan fingerprint density at radius 3 is 2.54 bits per heavy atom. The zero-order chi connectivity index (χ0) is 10.2. The molecule has 0 saturated heterocycles. The average Bonchev–Trinajstić information content (AvgIpc) is 2.01. The molecule has 1 aromatic carbocycles. The molecule has 0 bridgehead atoms. The lowest BCUT2D eigenvalue weighted by atomic mass is 10.1. The Morgan fingerprint density at radius 2 is 2.08 bits per heavy atom. The van der Waals surface area contributed by atoms with E-state index >= 15 is 0 Å². The van der Waals surface area contributed by atoms with Gasteiger partial charge in [-0.05, 0) is 22.0 Å². The largest absolute Gasteiger partial charge is 0.478 e. The molecule has 0 radical (unpaired) electrons. The van der Waals surface area contributed by atoms with E-state index in [1.54, 1.807) is 0 Å². The molecule has 0 amide bonds. The average molecular weight is 249 g/mol. The monoisotopic (exact) mass is 248 g/mol. The molecule has 0 unspecified atom stereocenters. The van der Waals surface area contributed by atoms with Crippen molar-refractivity contribution in [1.82, 2.24) is 0 Å². The number of aromatic carboxylic acids is 1. The molecule has 0 heterocycles. The van der Waals surface area contributed by atoms with Gasteiger partial charge in [-0.3, -0.25) is 0 Å². The van der Waals surface area contributed by atoms with Crippen molar-refractivity contribution in [2.24, 2.45) is 0 Å². The van der Waals surface area contributed by atoms with E-state index in [0.717, 1.165) is 0 Å². The van der Waals surface area contributed by atoms with E-state index in [-0.39, 0.29) is 15.8 Å². The third-order valence-corrected chi connectivity index (χ3v) is 2.08. The van der Waals surface area contributed by atoms with Crippen molar-refractivity contribution in [2.45, 2.75) is 0 Å². The summed E-state index contributed by atoms with van der Waals surface area (Å²) in [4.78, 5) is 10.6. The van der Waals surface area contributed by atoms with Gasteiger partial charge >= 0.3 is 5.97 Å². The second kappa shape index (κ2) is 3.21. The maximum absolute atomic E-state index is 13.1. The highest BCUT2D eigenvalue weighted by molar-refractivity contribution is 9.10. The molecule has 0 atom stereocenters. The Hall–Kier alpha value is -1.30. The number of nitrogen functional groups attached to an aromatic ring is 2. The Balaban J connectivity index is 3.56. The number of carboxylic acids is 1. The topological polar surface area (TPSA) is 89.3 Å². The third-order valence-electron chi connectivity index (χ3n) is 1.51. The number of nitrogens with two attached hydrogens (primary N) is 2. The van der Waals surface area contributed by atoms with Crippen LogP contribution < -0.4 is 11.5 Å². The van der Waals surface area contributed by atoms with E-state index in [1.807, 2.05) is 0 Å². The van der Waals surface area contributed by atoms with E-state index in [0.29, 0.717) is 0 Å². The van der Waals surface area contributed by atoms with Gasteiger partial charge in [-0.25, -0.2) is 9.18 Å². The minimum absolute atomic E-state index is 0.0170. The number of carboxylic acid groups (broad SMARTS) is 1. The molecule has 13 heavy (non-hydrogen) atoms. The van der Waals surface area contributed by atoms with Crippen molar-refractivity contribution in [3.63, 3.8) is 0 Å². The molecule has 0 aliphatic rings. The Labute approximate surface area is 81.5 Å². The molecule has 0 saturated carbocycles. The number of halogens is 2. The summed E-state index contributed by atoms with van der Waals surface area (Å²) in [6.07, 6.45) is 0.